The van der Waals surface area contributed by atoms with Crippen molar-refractivity contribution in [3.8, 4) is 0 Å². The van der Waals surface area contributed by atoms with E-state index in [0.29, 0.717) is 11.3 Å². The molecule has 20 heavy (non-hydrogen) atoms. The fourth-order valence-corrected chi connectivity index (χ4v) is 2.62. The van der Waals surface area contributed by atoms with Crippen molar-refractivity contribution in [1.82, 2.24) is 0 Å². The fraction of sp³-hybridized carbons (Fsp3) is 0.188. The Morgan fingerprint density at radius 1 is 1.20 bits per heavy atom. The average molecular weight is 289 g/mol. The fourth-order valence-electron chi connectivity index (χ4n) is 1.86. The lowest BCUT2D eigenvalue weighted by Gasteiger charge is -2.11. The minimum absolute atomic E-state index is 0.0706. The number of aryl methyl sites for hydroxylation is 1. The average Bonchev–Trinajstić information content (AvgIpc) is 2.44. The Hall–Kier alpha value is -1.81. The van der Waals surface area contributed by atoms with Gasteiger partial charge in [0.1, 0.15) is 5.82 Å². The molecular formula is C16H16FNOS. The summed E-state index contributed by atoms with van der Waals surface area (Å²) in [5.41, 5.74) is 1.25. The van der Waals surface area contributed by atoms with E-state index in [2.05, 4.69) is 5.32 Å². The number of anilines is 1. The Bertz CT molecular complexity index is 628. The van der Waals surface area contributed by atoms with Gasteiger partial charge in [0.05, 0.1) is 11.3 Å². The van der Waals surface area contributed by atoms with Crippen molar-refractivity contribution >= 4 is 23.4 Å². The van der Waals surface area contributed by atoms with Gasteiger partial charge in [-0.1, -0.05) is 31.2 Å². The molecule has 0 aliphatic heterocycles. The maximum atomic E-state index is 13.9. The molecule has 1 N–H and O–H groups in total. The SMILES string of the molecule is CCSc1ccccc1NC(=O)c1cccc(C)c1F. The molecule has 0 unspecified atom stereocenters. The third-order valence-electron chi connectivity index (χ3n) is 2.87. The maximum absolute atomic E-state index is 13.9. The van der Waals surface area contributed by atoms with Crippen LogP contribution in [0.2, 0.25) is 0 Å². The Morgan fingerprint density at radius 2 is 1.95 bits per heavy atom. The Labute approximate surface area is 122 Å². The summed E-state index contributed by atoms with van der Waals surface area (Å²) in [7, 11) is 0. The number of rotatable bonds is 4. The number of halogens is 1. The lowest BCUT2D eigenvalue weighted by atomic mass is 10.1. The summed E-state index contributed by atoms with van der Waals surface area (Å²) >= 11 is 1.64. The van der Waals surface area contributed by atoms with Gasteiger partial charge >= 0.3 is 0 Å². The molecule has 2 aromatic rings. The summed E-state index contributed by atoms with van der Waals surface area (Å²) in [5, 5.41) is 2.78. The van der Waals surface area contributed by atoms with Crippen LogP contribution in [0.1, 0.15) is 22.8 Å². The van der Waals surface area contributed by atoms with E-state index in [-0.39, 0.29) is 5.56 Å². The van der Waals surface area contributed by atoms with Crippen LogP contribution in [-0.2, 0) is 0 Å². The normalized spacial score (nSPS) is 10.3. The summed E-state index contributed by atoms with van der Waals surface area (Å²) in [6, 6.07) is 12.4. The predicted molar refractivity (Wildman–Crippen MR) is 81.9 cm³/mol. The van der Waals surface area contributed by atoms with E-state index < -0.39 is 11.7 Å². The van der Waals surface area contributed by atoms with E-state index in [1.807, 2.05) is 31.2 Å². The summed E-state index contributed by atoms with van der Waals surface area (Å²) in [6.45, 7) is 3.69. The van der Waals surface area contributed by atoms with Gasteiger partial charge < -0.3 is 5.32 Å². The van der Waals surface area contributed by atoms with Crippen LogP contribution in [0.5, 0.6) is 0 Å². The van der Waals surface area contributed by atoms with Gasteiger partial charge in [0, 0.05) is 4.90 Å². The number of thioether (sulfide) groups is 1. The summed E-state index contributed by atoms with van der Waals surface area (Å²) in [5.74, 6) is 0.0204. The molecule has 0 fully saturated rings. The molecule has 0 spiro atoms. The van der Waals surface area contributed by atoms with Crippen molar-refractivity contribution < 1.29 is 9.18 Å². The van der Waals surface area contributed by atoms with Crippen LogP contribution >= 0.6 is 11.8 Å². The van der Waals surface area contributed by atoms with Crippen molar-refractivity contribution in [2.75, 3.05) is 11.1 Å². The van der Waals surface area contributed by atoms with Crippen LogP contribution in [0.3, 0.4) is 0 Å². The molecule has 2 rings (SSSR count). The summed E-state index contributed by atoms with van der Waals surface area (Å²) in [6.07, 6.45) is 0. The number of benzene rings is 2. The molecule has 0 saturated carbocycles. The molecule has 0 heterocycles. The number of hydrogen-bond donors (Lipinski definition) is 1. The summed E-state index contributed by atoms with van der Waals surface area (Å²) < 4.78 is 13.9. The van der Waals surface area contributed by atoms with Crippen LogP contribution in [0, 0.1) is 12.7 Å². The number of hydrogen-bond acceptors (Lipinski definition) is 2. The Morgan fingerprint density at radius 3 is 2.70 bits per heavy atom. The highest BCUT2D eigenvalue weighted by molar-refractivity contribution is 7.99. The topological polar surface area (TPSA) is 29.1 Å². The van der Waals surface area contributed by atoms with E-state index >= 15 is 0 Å². The Balaban J connectivity index is 2.26. The smallest absolute Gasteiger partial charge is 0.258 e. The van der Waals surface area contributed by atoms with E-state index in [9.17, 15) is 9.18 Å². The number of nitrogens with one attached hydrogen (secondary N) is 1. The second-order valence-corrected chi connectivity index (χ2v) is 5.63. The monoisotopic (exact) mass is 289 g/mol. The molecule has 0 saturated heterocycles. The van der Waals surface area contributed by atoms with Gasteiger partial charge in [0.25, 0.3) is 5.91 Å². The molecule has 2 nitrogen and oxygen atoms in total. The van der Waals surface area contributed by atoms with Crippen LogP contribution in [0.15, 0.2) is 47.4 Å². The maximum Gasteiger partial charge on any atom is 0.258 e. The van der Waals surface area contributed by atoms with Crippen molar-refractivity contribution in [1.29, 1.82) is 0 Å². The quantitative estimate of drug-likeness (QED) is 0.840. The van der Waals surface area contributed by atoms with E-state index in [0.717, 1.165) is 10.6 Å². The predicted octanol–water partition coefficient (Wildman–Crippen LogP) is 4.50. The lowest BCUT2D eigenvalue weighted by molar-refractivity contribution is 0.102. The molecular weight excluding hydrogens is 273 g/mol. The van der Waals surface area contributed by atoms with Gasteiger partial charge in [0.15, 0.2) is 0 Å². The van der Waals surface area contributed by atoms with Gasteiger partial charge in [-0.2, -0.15) is 0 Å². The van der Waals surface area contributed by atoms with Crippen molar-refractivity contribution in [2.24, 2.45) is 0 Å². The van der Waals surface area contributed by atoms with E-state index in [1.54, 1.807) is 30.8 Å². The highest BCUT2D eigenvalue weighted by atomic mass is 32.2. The van der Waals surface area contributed by atoms with Gasteiger partial charge in [0.2, 0.25) is 0 Å². The van der Waals surface area contributed by atoms with Gasteiger partial charge in [-0.3, -0.25) is 4.79 Å². The standard InChI is InChI=1S/C16H16FNOS/c1-3-20-14-10-5-4-9-13(14)18-16(19)12-8-6-7-11(2)15(12)17/h4-10H,3H2,1-2H3,(H,18,19). The molecule has 0 aliphatic rings. The van der Waals surface area contributed by atoms with Gasteiger partial charge in [-0.05, 0) is 36.4 Å². The highest BCUT2D eigenvalue weighted by Crippen LogP contribution is 2.27. The van der Waals surface area contributed by atoms with Crippen molar-refractivity contribution in [2.45, 2.75) is 18.7 Å². The molecule has 0 radical (unpaired) electrons. The lowest BCUT2D eigenvalue weighted by Crippen LogP contribution is -2.14. The summed E-state index contributed by atoms with van der Waals surface area (Å²) in [4.78, 5) is 13.2. The minimum atomic E-state index is -0.467. The first kappa shape index (κ1) is 14.6. The van der Waals surface area contributed by atoms with Gasteiger partial charge in [-0.25, -0.2) is 4.39 Å². The molecule has 0 bridgehead atoms. The third kappa shape index (κ3) is 3.20. The number of carbonyl (C=O) groups is 1. The minimum Gasteiger partial charge on any atom is -0.321 e. The largest absolute Gasteiger partial charge is 0.321 e. The van der Waals surface area contributed by atoms with Crippen LogP contribution in [0.25, 0.3) is 0 Å². The molecule has 0 aliphatic carbocycles. The van der Waals surface area contributed by atoms with Crippen LogP contribution < -0.4 is 5.32 Å². The molecule has 0 atom stereocenters. The number of para-hydroxylation sites is 1. The van der Waals surface area contributed by atoms with Crippen LogP contribution in [0.4, 0.5) is 10.1 Å². The molecule has 4 heteroatoms. The van der Waals surface area contributed by atoms with E-state index in [1.165, 1.54) is 6.07 Å². The molecule has 104 valence electrons. The highest BCUT2D eigenvalue weighted by Gasteiger charge is 2.14. The second kappa shape index (κ2) is 6.57. The third-order valence-corrected chi connectivity index (χ3v) is 3.83. The number of amides is 1. The molecule has 1 amide bonds. The molecule has 2 aromatic carbocycles. The van der Waals surface area contributed by atoms with Crippen molar-refractivity contribution in [3.05, 3.63) is 59.4 Å². The second-order valence-electron chi connectivity index (χ2n) is 4.32. The first-order valence-electron chi connectivity index (χ1n) is 6.41. The Kier molecular flexibility index (Phi) is 4.79. The molecule has 0 aromatic heterocycles. The zero-order valence-electron chi connectivity index (χ0n) is 11.4. The van der Waals surface area contributed by atoms with E-state index in [4.69, 9.17) is 0 Å². The van der Waals surface area contributed by atoms with Crippen LogP contribution in [-0.4, -0.2) is 11.7 Å². The van der Waals surface area contributed by atoms with Crippen molar-refractivity contribution in [3.63, 3.8) is 0 Å². The zero-order valence-corrected chi connectivity index (χ0v) is 12.3. The first-order valence-corrected chi connectivity index (χ1v) is 7.40. The first-order chi connectivity index (χ1) is 9.63. The number of carbonyl (C=O) groups excluding carboxylic acids is 1. The van der Waals surface area contributed by atoms with Gasteiger partial charge in [-0.15, -0.1) is 11.8 Å². The zero-order chi connectivity index (χ0) is 14.5.